The van der Waals surface area contributed by atoms with E-state index < -0.39 is 35.6 Å². The number of ether oxygens (including phenoxy) is 3. The van der Waals surface area contributed by atoms with E-state index in [0.717, 1.165) is 11.3 Å². The highest BCUT2D eigenvalue weighted by Crippen LogP contribution is 2.50. The molecule has 0 saturated carbocycles. The highest BCUT2D eigenvalue weighted by atomic mass is 35.5. The van der Waals surface area contributed by atoms with Gasteiger partial charge in [0.05, 0.1) is 26.4 Å². The number of hydrogen-bond donors (Lipinski definition) is 0. The second-order valence-electron chi connectivity index (χ2n) is 9.48. The molecule has 1 heterocycles. The first-order chi connectivity index (χ1) is 19.3. The van der Waals surface area contributed by atoms with Crippen molar-refractivity contribution < 1.29 is 41.0 Å². The molecule has 0 bridgehead atoms. The molecule has 0 saturated heterocycles. The minimum absolute atomic E-state index is 0.0104. The molecule has 10 nitrogen and oxygen atoms in total. The fourth-order valence-corrected chi connectivity index (χ4v) is 8.39. The number of carbonyl (C=O) groups is 1. The zero-order valence-corrected chi connectivity index (χ0v) is 27.9. The number of rotatable bonds is 17. The number of sulfonamides is 1. The summed E-state index contributed by atoms with van der Waals surface area (Å²) >= 11 is 12.5. The van der Waals surface area contributed by atoms with Gasteiger partial charge < -0.3 is 23.3 Å². The van der Waals surface area contributed by atoms with Crippen LogP contribution in [-0.4, -0.2) is 68.9 Å². The van der Waals surface area contributed by atoms with E-state index >= 15 is 0 Å². The summed E-state index contributed by atoms with van der Waals surface area (Å²) in [6.45, 7) is 8.72. The molecule has 0 aliphatic rings. The highest BCUT2D eigenvalue weighted by Gasteiger charge is 2.41. The summed E-state index contributed by atoms with van der Waals surface area (Å²) < 4.78 is 68.6. The van der Waals surface area contributed by atoms with E-state index in [9.17, 15) is 17.8 Å². The van der Waals surface area contributed by atoms with E-state index in [-0.39, 0.29) is 17.4 Å². The number of thiophene rings is 1. The van der Waals surface area contributed by atoms with Crippen molar-refractivity contribution in [3.05, 3.63) is 30.3 Å². The standard InChI is InChI=1S/C26H38Cl2NO9PS2/c1-6-36-39(31,37-7-2)19-29(25(30)38-26(3,4)5)41(32,33)24-13-12-23(40-24)20-10-11-21(34-16-8-14-27)22(18-20)35-17-9-15-28/h10-13,18H,6-9,14-17,19H2,1-5H3. The molecule has 2 rings (SSSR count). The Morgan fingerprint density at radius 3 is 2.07 bits per heavy atom. The van der Waals surface area contributed by atoms with Crippen LogP contribution in [0.25, 0.3) is 10.4 Å². The first-order valence-corrected chi connectivity index (χ1v) is 18.1. The molecule has 41 heavy (non-hydrogen) atoms. The van der Waals surface area contributed by atoms with E-state index in [2.05, 4.69) is 0 Å². The van der Waals surface area contributed by atoms with Gasteiger partial charge in [0.1, 0.15) is 16.1 Å². The number of alkyl halides is 2. The van der Waals surface area contributed by atoms with Crippen LogP contribution in [0.2, 0.25) is 0 Å². The van der Waals surface area contributed by atoms with Gasteiger partial charge in [-0.2, -0.15) is 12.7 Å². The molecule has 15 heteroatoms. The Bertz CT molecular complexity index is 1270. The van der Waals surface area contributed by atoms with Crippen LogP contribution in [0, 0.1) is 0 Å². The molecule has 0 aliphatic heterocycles. The maximum absolute atomic E-state index is 13.8. The Morgan fingerprint density at radius 1 is 0.951 bits per heavy atom. The topological polar surface area (TPSA) is 118 Å². The molecule has 1 aromatic heterocycles. The average Bonchev–Trinajstić information content (AvgIpc) is 3.39. The van der Waals surface area contributed by atoms with Crippen LogP contribution in [-0.2, 0) is 28.4 Å². The molecular formula is C26H38Cl2NO9PS2. The molecule has 0 fully saturated rings. The fraction of sp³-hybridized carbons (Fsp3) is 0.577. The number of nitrogens with zero attached hydrogens (tertiary/aromatic N) is 1. The van der Waals surface area contributed by atoms with Crippen LogP contribution in [0.1, 0.15) is 47.5 Å². The van der Waals surface area contributed by atoms with Crippen molar-refractivity contribution in [3.63, 3.8) is 0 Å². The van der Waals surface area contributed by atoms with E-state index in [4.69, 9.17) is 46.5 Å². The maximum Gasteiger partial charge on any atom is 0.424 e. The van der Waals surface area contributed by atoms with Gasteiger partial charge >= 0.3 is 13.7 Å². The molecule has 1 aromatic carbocycles. The minimum atomic E-state index is -4.52. The van der Waals surface area contributed by atoms with Gasteiger partial charge in [0.15, 0.2) is 11.5 Å². The quantitative estimate of drug-likeness (QED) is 0.0951. The summed E-state index contributed by atoms with van der Waals surface area (Å²) in [5.74, 6) is 1.89. The Kier molecular flexibility index (Phi) is 14.2. The van der Waals surface area contributed by atoms with Gasteiger partial charge in [-0.1, -0.05) is 0 Å². The van der Waals surface area contributed by atoms with Crippen LogP contribution in [0.15, 0.2) is 34.5 Å². The maximum atomic E-state index is 13.8. The zero-order valence-electron chi connectivity index (χ0n) is 23.9. The van der Waals surface area contributed by atoms with Crippen molar-refractivity contribution >= 4 is 58.3 Å². The third kappa shape index (κ3) is 10.9. The van der Waals surface area contributed by atoms with Crippen molar-refractivity contribution in [1.29, 1.82) is 0 Å². The van der Waals surface area contributed by atoms with E-state index in [1.165, 1.54) is 6.07 Å². The molecule has 0 spiro atoms. The van der Waals surface area contributed by atoms with Crippen molar-refractivity contribution in [2.45, 2.75) is 57.3 Å². The zero-order chi connectivity index (χ0) is 30.7. The molecule has 1 amide bonds. The monoisotopic (exact) mass is 673 g/mol. The molecule has 0 unspecified atom stereocenters. The largest absolute Gasteiger partial charge is 0.490 e. The Labute approximate surface area is 256 Å². The SMILES string of the molecule is CCOP(=O)(CN(C(=O)OC(C)(C)C)S(=O)(=O)c1ccc(-c2ccc(OCCCCl)c(OCCCCl)c2)s1)OCC. The van der Waals surface area contributed by atoms with Crippen LogP contribution in [0.5, 0.6) is 11.5 Å². The smallest absolute Gasteiger partial charge is 0.424 e. The van der Waals surface area contributed by atoms with Gasteiger partial charge in [-0.25, -0.2) is 4.79 Å². The Morgan fingerprint density at radius 2 is 1.54 bits per heavy atom. The predicted octanol–water partition coefficient (Wildman–Crippen LogP) is 7.58. The first kappa shape index (κ1) is 35.7. The lowest BCUT2D eigenvalue weighted by molar-refractivity contribution is 0.0399. The lowest BCUT2D eigenvalue weighted by atomic mass is 10.1. The molecular weight excluding hydrogens is 636 g/mol. The Balaban J connectivity index is 2.47. The summed E-state index contributed by atoms with van der Waals surface area (Å²) in [5.41, 5.74) is -0.347. The average molecular weight is 675 g/mol. The van der Waals surface area contributed by atoms with Gasteiger partial charge in [0.25, 0.3) is 10.0 Å². The molecule has 0 N–H and O–H groups in total. The van der Waals surface area contributed by atoms with Crippen molar-refractivity contribution in [2.75, 3.05) is 44.5 Å². The summed E-state index contributed by atoms with van der Waals surface area (Å²) in [5, 5.41) is 0. The number of amides is 1. The van der Waals surface area contributed by atoms with Crippen LogP contribution < -0.4 is 9.47 Å². The summed E-state index contributed by atoms with van der Waals surface area (Å²) in [4.78, 5) is 13.7. The lowest BCUT2D eigenvalue weighted by Gasteiger charge is -2.28. The molecule has 0 radical (unpaired) electrons. The normalized spacial score (nSPS) is 12.3. The number of benzene rings is 1. The van der Waals surface area contributed by atoms with Crippen molar-refractivity contribution in [1.82, 2.24) is 4.31 Å². The second-order valence-corrected chi connectivity index (χ2v) is 15.4. The van der Waals surface area contributed by atoms with E-state index in [0.29, 0.717) is 64.1 Å². The lowest BCUT2D eigenvalue weighted by Crippen LogP contribution is -2.41. The summed E-state index contributed by atoms with van der Waals surface area (Å²) in [7, 11) is -8.52. The van der Waals surface area contributed by atoms with E-state index in [1.807, 2.05) is 0 Å². The molecule has 0 atom stereocenters. The molecule has 0 aliphatic carbocycles. The third-order valence-corrected chi connectivity index (χ3v) is 10.9. The summed E-state index contributed by atoms with van der Waals surface area (Å²) in [6.07, 6.45) is -0.751. The summed E-state index contributed by atoms with van der Waals surface area (Å²) in [6, 6.07) is 8.24. The predicted molar refractivity (Wildman–Crippen MR) is 162 cm³/mol. The third-order valence-electron chi connectivity index (χ3n) is 4.98. The van der Waals surface area contributed by atoms with Crippen LogP contribution >= 0.6 is 42.1 Å². The second kappa shape index (κ2) is 16.4. The van der Waals surface area contributed by atoms with Crippen molar-refractivity contribution in [3.8, 4) is 21.9 Å². The van der Waals surface area contributed by atoms with Crippen molar-refractivity contribution in [2.24, 2.45) is 0 Å². The van der Waals surface area contributed by atoms with E-state index in [1.54, 1.807) is 58.9 Å². The molecule has 2 aromatic rings. The number of halogens is 2. The number of hydrogen-bond acceptors (Lipinski definition) is 10. The Hall–Kier alpha value is -1.53. The fourth-order valence-electron chi connectivity index (χ4n) is 3.30. The number of carbonyl (C=O) groups excluding carboxylic acids is 1. The van der Waals surface area contributed by atoms with Gasteiger partial charge in [-0.15, -0.1) is 34.5 Å². The van der Waals surface area contributed by atoms with Gasteiger partial charge in [0.2, 0.25) is 0 Å². The van der Waals surface area contributed by atoms with Gasteiger partial charge in [-0.05, 0) is 83.4 Å². The van der Waals surface area contributed by atoms with Gasteiger partial charge in [-0.3, -0.25) is 4.57 Å². The van der Waals surface area contributed by atoms with Crippen LogP contribution in [0.3, 0.4) is 0 Å². The first-order valence-electron chi connectivity index (χ1n) is 13.1. The van der Waals surface area contributed by atoms with Crippen LogP contribution in [0.4, 0.5) is 4.79 Å². The minimum Gasteiger partial charge on any atom is -0.490 e. The molecule has 232 valence electrons. The van der Waals surface area contributed by atoms with Gasteiger partial charge in [0, 0.05) is 16.6 Å². The highest BCUT2D eigenvalue weighted by molar-refractivity contribution is 7.92.